The first-order chi connectivity index (χ1) is 9.52. The van der Waals surface area contributed by atoms with Crippen LogP contribution in [0.1, 0.15) is 18.5 Å². The molecule has 1 atom stereocenters. The second-order valence-corrected chi connectivity index (χ2v) is 5.19. The van der Waals surface area contributed by atoms with Gasteiger partial charge in [0, 0.05) is 31.4 Å². The van der Waals surface area contributed by atoms with Gasteiger partial charge in [0.25, 0.3) is 0 Å². The molecule has 0 saturated heterocycles. The number of nitrogens with zero attached hydrogens (tertiary/aromatic N) is 1. The summed E-state index contributed by atoms with van der Waals surface area (Å²) in [7, 11) is 5.87. The molecule has 0 aromatic heterocycles. The molecule has 3 heteroatoms. The molecule has 0 aliphatic rings. The average molecular weight is 272 g/mol. The zero-order chi connectivity index (χ0) is 14.7. The molecule has 2 aromatic rings. The van der Waals surface area contributed by atoms with Crippen molar-refractivity contribution in [3.05, 3.63) is 53.8 Å². The zero-order valence-corrected chi connectivity index (χ0v) is 12.4. The predicted octanol–water partition coefficient (Wildman–Crippen LogP) is 3.84. The lowest BCUT2D eigenvalue weighted by atomic mass is 9.99. The van der Waals surface area contributed by atoms with Crippen molar-refractivity contribution in [1.82, 2.24) is 5.32 Å². The summed E-state index contributed by atoms with van der Waals surface area (Å²) < 4.78 is 14.1. The SMILES string of the molecule is CNC(C)c1ccc(F)c(-c2cccc(N(C)C)c2)c1. The third-order valence-electron chi connectivity index (χ3n) is 3.60. The molecular weight excluding hydrogens is 251 g/mol. The van der Waals surface area contributed by atoms with Gasteiger partial charge in [0.2, 0.25) is 0 Å². The minimum atomic E-state index is -0.187. The van der Waals surface area contributed by atoms with Gasteiger partial charge in [-0.3, -0.25) is 0 Å². The van der Waals surface area contributed by atoms with E-state index in [1.165, 1.54) is 0 Å². The van der Waals surface area contributed by atoms with Gasteiger partial charge in [-0.15, -0.1) is 0 Å². The minimum Gasteiger partial charge on any atom is -0.378 e. The van der Waals surface area contributed by atoms with Crippen LogP contribution in [0.5, 0.6) is 0 Å². The molecule has 0 spiro atoms. The highest BCUT2D eigenvalue weighted by Gasteiger charge is 2.10. The van der Waals surface area contributed by atoms with Crippen LogP contribution in [0.3, 0.4) is 0 Å². The highest BCUT2D eigenvalue weighted by molar-refractivity contribution is 5.69. The number of nitrogens with one attached hydrogen (secondary N) is 1. The molecule has 20 heavy (non-hydrogen) atoms. The van der Waals surface area contributed by atoms with E-state index in [0.29, 0.717) is 5.56 Å². The number of rotatable bonds is 4. The Bertz CT molecular complexity index is 593. The molecule has 0 aliphatic heterocycles. The molecule has 0 aliphatic carbocycles. The Morgan fingerprint density at radius 3 is 2.50 bits per heavy atom. The first-order valence-corrected chi connectivity index (χ1v) is 6.77. The van der Waals surface area contributed by atoms with E-state index < -0.39 is 0 Å². The maximum absolute atomic E-state index is 14.1. The van der Waals surface area contributed by atoms with E-state index in [9.17, 15) is 4.39 Å². The minimum absolute atomic E-state index is 0.187. The summed E-state index contributed by atoms with van der Waals surface area (Å²) >= 11 is 0. The maximum atomic E-state index is 14.1. The van der Waals surface area contributed by atoms with Crippen molar-refractivity contribution in [2.45, 2.75) is 13.0 Å². The van der Waals surface area contributed by atoms with E-state index in [2.05, 4.69) is 12.2 Å². The molecule has 0 fully saturated rings. The third kappa shape index (κ3) is 2.99. The number of halogens is 1. The van der Waals surface area contributed by atoms with Gasteiger partial charge in [-0.05, 0) is 49.4 Å². The maximum Gasteiger partial charge on any atom is 0.131 e. The molecule has 0 heterocycles. The van der Waals surface area contributed by atoms with Crippen LogP contribution in [0.15, 0.2) is 42.5 Å². The van der Waals surface area contributed by atoms with Crippen molar-refractivity contribution in [2.24, 2.45) is 0 Å². The van der Waals surface area contributed by atoms with Gasteiger partial charge in [0.05, 0.1) is 0 Å². The fourth-order valence-corrected chi connectivity index (χ4v) is 2.15. The Balaban J connectivity index is 2.48. The topological polar surface area (TPSA) is 15.3 Å². The van der Waals surface area contributed by atoms with Crippen LogP contribution >= 0.6 is 0 Å². The molecule has 2 nitrogen and oxygen atoms in total. The van der Waals surface area contributed by atoms with Crippen LogP contribution in [0.2, 0.25) is 0 Å². The standard InChI is InChI=1S/C17H21FN2/c1-12(19-2)13-8-9-17(18)16(11-13)14-6-5-7-15(10-14)20(3)4/h5-12,19H,1-4H3. The van der Waals surface area contributed by atoms with Crippen molar-refractivity contribution in [2.75, 3.05) is 26.0 Å². The average Bonchev–Trinajstić information content (AvgIpc) is 2.47. The van der Waals surface area contributed by atoms with Gasteiger partial charge in [0.15, 0.2) is 0 Å². The Morgan fingerprint density at radius 2 is 1.85 bits per heavy atom. The molecule has 0 saturated carbocycles. The highest BCUT2D eigenvalue weighted by atomic mass is 19.1. The van der Waals surface area contributed by atoms with Crippen LogP contribution in [0.4, 0.5) is 10.1 Å². The van der Waals surface area contributed by atoms with Crippen LogP contribution in [0.25, 0.3) is 11.1 Å². The monoisotopic (exact) mass is 272 g/mol. The van der Waals surface area contributed by atoms with Gasteiger partial charge in [-0.2, -0.15) is 0 Å². The van der Waals surface area contributed by atoms with Crippen molar-refractivity contribution in [1.29, 1.82) is 0 Å². The van der Waals surface area contributed by atoms with Crippen molar-refractivity contribution in [3.63, 3.8) is 0 Å². The summed E-state index contributed by atoms with van der Waals surface area (Å²) in [4.78, 5) is 2.02. The molecule has 2 rings (SSSR count). The summed E-state index contributed by atoms with van der Waals surface area (Å²) in [6.07, 6.45) is 0. The second kappa shape index (κ2) is 6.06. The van der Waals surface area contributed by atoms with Crippen LogP contribution in [-0.4, -0.2) is 21.1 Å². The number of anilines is 1. The van der Waals surface area contributed by atoms with Crippen molar-refractivity contribution in [3.8, 4) is 11.1 Å². The molecule has 0 radical (unpaired) electrons. The van der Waals surface area contributed by atoms with Gasteiger partial charge in [0.1, 0.15) is 5.82 Å². The summed E-state index contributed by atoms with van der Waals surface area (Å²) in [6, 6.07) is 13.4. The first-order valence-electron chi connectivity index (χ1n) is 6.77. The lowest BCUT2D eigenvalue weighted by molar-refractivity contribution is 0.622. The van der Waals surface area contributed by atoms with Crippen molar-refractivity contribution >= 4 is 5.69 Å². The van der Waals surface area contributed by atoms with E-state index in [4.69, 9.17) is 0 Å². The smallest absolute Gasteiger partial charge is 0.131 e. The van der Waals surface area contributed by atoms with E-state index >= 15 is 0 Å². The molecule has 2 aromatic carbocycles. The fourth-order valence-electron chi connectivity index (χ4n) is 2.15. The first kappa shape index (κ1) is 14.5. The fraction of sp³-hybridized carbons (Fsp3) is 0.294. The van der Waals surface area contributed by atoms with Gasteiger partial charge in [-0.25, -0.2) is 4.39 Å². The summed E-state index contributed by atoms with van der Waals surface area (Å²) in [6.45, 7) is 2.06. The summed E-state index contributed by atoms with van der Waals surface area (Å²) in [5, 5.41) is 3.18. The molecule has 0 amide bonds. The van der Waals surface area contributed by atoms with Crippen molar-refractivity contribution < 1.29 is 4.39 Å². The second-order valence-electron chi connectivity index (χ2n) is 5.19. The van der Waals surface area contributed by atoms with E-state index in [0.717, 1.165) is 16.8 Å². The van der Waals surface area contributed by atoms with Gasteiger partial charge in [-0.1, -0.05) is 18.2 Å². The van der Waals surface area contributed by atoms with Crippen LogP contribution < -0.4 is 10.2 Å². The normalized spacial score (nSPS) is 12.2. The van der Waals surface area contributed by atoms with Crippen LogP contribution in [0, 0.1) is 5.82 Å². The Kier molecular flexibility index (Phi) is 4.40. The lowest BCUT2D eigenvalue weighted by Crippen LogP contribution is -2.12. The van der Waals surface area contributed by atoms with Gasteiger partial charge >= 0.3 is 0 Å². The zero-order valence-electron chi connectivity index (χ0n) is 12.4. The Labute approximate surface area is 120 Å². The molecule has 1 N–H and O–H groups in total. The summed E-state index contributed by atoms with van der Waals surface area (Å²) in [5.41, 5.74) is 3.69. The van der Waals surface area contributed by atoms with Gasteiger partial charge < -0.3 is 10.2 Å². The quantitative estimate of drug-likeness (QED) is 0.909. The van der Waals surface area contributed by atoms with E-state index in [-0.39, 0.29) is 11.9 Å². The predicted molar refractivity (Wildman–Crippen MR) is 83.6 cm³/mol. The number of benzene rings is 2. The lowest BCUT2D eigenvalue weighted by Gasteiger charge is -2.16. The molecular formula is C17H21FN2. The molecule has 0 bridgehead atoms. The Hall–Kier alpha value is -1.87. The van der Waals surface area contributed by atoms with E-state index in [1.807, 2.05) is 62.4 Å². The largest absolute Gasteiger partial charge is 0.378 e. The summed E-state index contributed by atoms with van der Waals surface area (Å²) in [5.74, 6) is -0.187. The van der Waals surface area contributed by atoms with Crippen LogP contribution in [-0.2, 0) is 0 Å². The number of hydrogen-bond acceptors (Lipinski definition) is 2. The molecule has 1 unspecified atom stereocenters. The van der Waals surface area contributed by atoms with E-state index in [1.54, 1.807) is 6.07 Å². The third-order valence-corrected chi connectivity index (χ3v) is 3.60. The number of hydrogen-bond donors (Lipinski definition) is 1. The Morgan fingerprint density at radius 1 is 1.10 bits per heavy atom. The molecule has 106 valence electrons. The highest BCUT2D eigenvalue weighted by Crippen LogP contribution is 2.28.